The van der Waals surface area contributed by atoms with Gasteiger partial charge in [-0.3, -0.25) is 4.79 Å². The average Bonchev–Trinajstić information content (AvgIpc) is 3.29. The Morgan fingerprint density at radius 2 is 1.88 bits per heavy atom. The third-order valence-corrected chi connectivity index (χ3v) is 5.14. The van der Waals surface area contributed by atoms with E-state index < -0.39 is 0 Å². The number of aromatic amines is 1. The predicted molar refractivity (Wildman–Crippen MR) is 102 cm³/mol. The number of nitrogens with one attached hydrogen (secondary N) is 1. The van der Waals surface area contributed by atoms with Crippen LogP contribution in [0, 0.1) is 6.92 Å². The number of hydrogen-bond acceptors (Lipinski definition) is 5. The number of carbonyl (C=O) groups is 1. The molecule has 26 heavy (non-hydrogen) atoms. The van der Waals surface area contributed by atoms with Crippen molar-refractivity contribution in [2.24, 2.45) is 0 Å². The lowest BCUT2D eigenvalue weighted by molar-refractivity contribution is 0.0995. The summed E-state index contributed by atoms with van der Waals surface area (Å²) in [5.41, 5.74) is 3.66. The highest BCUT2D eigenvalue weighted by atomic mass is 32.2. The van der Waals surface area contributed by atoms with Crippen LogP contribution in [0.3, 0.4) is 0 Å². The first-order valence-electron chi connectivity index (χ1n) is 8.29. The van der Waals surface area contributed by atoms with Crippen LogP contribution in [0.1, 0.15) is 22.8 Å². The average molecular weight is 363 g/mol. The van der Waals surface area contributed by atoms with Gasteiger partial charge in [0.05, 0.1) is 5.25 Å². The maximum Gasteiger partial charge on any atom is 0.277 e. The molecular weight excluding hydrogens is 346 g/mol. The molecule has 4 rings (SSSR count). The van der Waals surface area contributed by atoms with Crippen molar-refractivity contribution in [1.29, 1.82) is 0 Å². The van der Waals surface area contributed by atoms with Crippen LogP contribution in [0.4, 0.5) is 0 Å². The fourth-order valence-corrected chi connectivity index (χ4v) is 3.52. The summed E-state index contributed by atoms with van der Waals surface area (Å²) in [5, 5.41) is 9.14. The van der Waals surface area contributed by atoms with Crippen molar-refractivity contribution < 1.29 is 9.21 Å². The first-order valence-corrected chi connectivity index (χ1v) is 9.17. The number of aryl methyl sites for hydroxylation is 1. The molecule has 0 fully saturated rings. The summed E-state index contributed by atoms with van der Waals surface area (Å²) in [7, 11) is 0. The van der Waals surface area contributed by atoms with Crippen molar-refractivity contribution in [3.05, 3.63) is 65.9 Å². The number of para-hydroxylation sites is 1. The molecule has 0 saturated heterocycles. The number of rotatable bonds is 5. The lowest BCUT2D eigenvalue weighted by Gasteiger charge is -2.06. The number of benzene rings is 2. The Bertz CT molecular complexity index is 1070. The molecule has 0 radical (unpaired) electrons. The predicted octanol–water partition coefficient (Wildman–Crippen LogP) is 4.89. The van der Waals surface area contributed by atoms with Crippen LogP contribution in [-0.2, 0) is 0 Å². The number of aromatic nitrogens is 3. The van der Waals surface area contributed by atoms with Gasteiger partial charge >= 0.3 is 0 Å². The van der Waals surface area contributed by atoms with E-state index in [1.165, 1.54) is 17.3 Å². The molecule has 0 aliphatic rings. The van der Waals surface area contributed by atoms with Crippen LogP contribution >= 0.6 is 11.8 Å². The molecule has 2 heterocycles. The normalized spacial score (nSPS) is 12.4. The molecule has 130 valence electrons. The summed E-state index contributed by atoms with van der Waals surface area (Å²) < 4.78 is 5.72. The summed E-state index contributed by atoms with van der Waals surface area (Å²) in [6.45, 7) is 3.88. The Hall–Kier alpha value is -2.86. The van der Waals surface area contributed by atoms with Crippen molar-refractivity contribution in [2.45, 2.75) is 24.3 Å². The Balaban J connectivity index is 1.52. The van der Waals surface area contributed by atoms with Crippen LogP contribution < -0.4 is 0 Å². The van der Waals surface area contributed by atoms with Gasteiger partial charge in [0.2, 0.25) is 5.89 Å². The number of carbonyl (C=O) groups excluding carboxylic acids is 1. The largest absolute Gasteiger partial charge is 0.411 e. The standard InChI is InChI=1S/C20H17N3O2S/c1-12-7-9-14(10-8-12)19-22-23-20(25-19)26-13(2)18(24)16-11-21-17-6-4-3-5-15(16)17/h3-11,13,21H,1-2H3/t13-/m1/s1. The zero-order valence-electron chi connectivity index (χ0n) is 14.4. The van der Waals surface area contributed by atoms with Crippen LogP contribution in [0.5, 0.6) is 0 Å². The number of hydrogen-bond donors (Lipinski definition) is 1. The lowest BCUT2D eigenvalue weighted by atomic mass is 10.1. The minimum Gasteiger partial charge on any atom is -0.411 e. The fourth-order valence-electron chi connectivity index (χ4n) is 2.77. The number of Topliss-reactive ketones (excluding diaryl/α,β-unsaturated/α-hetero) is 1. The monoisotopic (exact) mass is 363 g/mol. The SMILES string of the molecule is Cc1ccc(-c2nnc(S[C@H](C)C(=O)c3c[nH]c4ccccc34)o2)cc1. The minimum absolute atomic E-state index is 0.0301. The smallest absolute Gasteiger partial charge is 0.277 e. The van der Waals surface area contributed by atoms with Crippen molar-refractivity contribution >= 4 is 28.4 Å². The van der Waals surface area contributed by atoms with Crippen molar-refractivity contribution in [3.63, 3.8) is 0 Å². The molecule has 0 spiro atoms. The maximum absolute atomic E-state index is 12.8. The van der Waals surface area contributed by atoms with Gasteiger partial charge in [0.15, 0.2) is 5.78 Å². The van der Waals surface area contributed by atoms with E-state index in [0.717, 1.165) is 16.5 Å². The van der Waals surface area contributed by atoms with Gasteiger partial charge in [-0.2, -0.15) is 0 Å². The van der Waals surface area contributed by atoms with E-state index in [4.69, 9.17) is 4.42 Å². The first kappa shape index (κ1) is 16.6. The Morgan fingerprint density at radius 3 is 2.69 bits per heavy atom. The van der Waals surface area contributed by atoms with E-state index in [9.17, 15) is 4.79 Å². The maximum atomic E-state index is 12.8. The van der Waals surface area contributed by atoms with Gasteiger partial charge in [-0.05, 0) is 32.0 Å². The summed E-state index contributed by atoms with van der Waals surface area (Å²) in [5.74, 6) is 0.488. The molecule has 6 heteroatoms. The van der Waals surface area contributed by atoms with Crippen LogP contribution in [0.25, 0.3) is 22.4 Å². The zero-order valence-corrected chi connectivity index (χ0v) is 15.2. The lowest BCUT2D eigenvalue weighted by Crippen LogP contribution is -2.13. The fraction of sp³-hybridized carbons (Fsp3) is 0.150. The molecule has 1 N–H and O–H groups in total. The number of ketones is 1. The molecular formula is C20H17N3O2S. The van der Waals surface area contributed by atoms with E-state index in [1.807, 2.05) is 62.4 Å². The second kappa shape index (κ2) is 6.80. The summed E-state index contributed by atoms with van der Waals surface area (Å²) >= 11 is 1.27. The Kier molecular flexibility index (Phi) is 4.34. The van der Waals surface area contributed by atoms with Crippen LogP contribution in [0.2, 0.25) is 0 Å². The molecule has 5 nitrogen and oxygen atoms in total. The van der Waals surface area contributed by atoms with Gasteiger partial charge in [-0.1, -0.05) is 47.7 Å². The highest BCUT2D eigenvalue weighted by Gasteiger charge is 2.22. The van der Waals surface area contributed by atoms with Gasteiger partial charge in [-0.15, -0.1) is 10.2 Å². The summed E-state index contributed by atoms with van der Waals surface area (Å²) in [6.07, 6.45) is 1.76. The molecule has 0 aliphatic carbocycles. The molecule has 0 aliphatic heterocycles. The molecule has 0 unspecified atom stereocenters. The number of nitrogens with zero attached hydrogens (tertiary/aromatic N) is 2. The highest BCUT2D eigenvalue weighted by molar-refractivity contribution is 8.00. The summed E-state index contributed by atoms with van der Waals surface area (Å²) in [6, 6.07) is 15.6. The molecule has 0 bridgehead atoms. The van der Waals surface area contributed by atoms with Crippen molar-refractivity contribution in [2.75, 3.05) is 0 Å². The van der Waals surface area contributed by atoms with Gasteiger partial charge in [0.25, 0.3) is 5.22 Å². The number of thioether (sulfide) groups is 1. The van der Waals surface area contributed by atoms with Gasteiger partial charge in [0, 0.05) is 28.2 Å². The van der Waals surface area contributed by atoms with Crippen LogP contribution in [0.15, 0.2) is 64.4 Å². The number of fused-ring (bicyclic) bond motifs is 1. The molecule has 2 aromatic heterocycles. The second-order valence-corrected chi connectivity index (χ2v) is 7.40. The molecule has 0 saturated carbocycles. The second-order valence-electron chi connectivity index (χ2n) is 6.11. The quantitative estimate of drug-likeness (QED) is 0.404. The van der Waals surface area contributed by atoms with Gasteiger partial charge < -0.3 is 9.40 Å². The molecule has 0 amide bonds. The van der Waals surface area contributed by atoms with E-state index in [-0.39, 0.29) is 11.0 Å². The van der Waals surface area contributed by atoms with Gasteiger partial charge in [-0.25, -0.2) is 0 Å². The Morgan fingerprint density at radius 1 is 1.12 bits per heavy atom. The van der Waals surface area contributed by atoms with E-state index in [2.05, 4.69) is 15.2 Å². The topological polar surface area (TPSA) is 71.8 Å². The Labute approximate surface area is 154 Å². The third kappa shape index (κ3) is 3.15. The van der Waals surface area contributed by atoms with Crippen LogP contribution in [-0.4, -0.2) is 26.2 Å². The first-order chi connectivity index (χ1) is 12.6. The van der Waals surface area contributed by atoms with E-state index in [1.54, 1.807) is 6.20 Å². The summed E-state index contributed by atoms with van der Waals surface area (Å²) in [4.78, 5) is 15.9. The third-order valence-electron chi connectivity index (χ3n) is 4.21. The number of H-pyrrole nitrogens is 1. The van der Waals surface area contributed by atoms with E-state index in [0.29, 0.717) is 16.7 Å². The van der Waals surface area contributed by atoms with Crippen molar-refractivity contribution in [3.8, 4) is 11.5 Å². The van der Waals surface area contributed by atoms with E-state index >= 15 is 0 Å². The molecule has 1 atom stereocenters. The van der Waals surface area contributed by atoms with Gasteiger partial charge in [0.1, 0.15) is 0 Å². The molecule has 2 aromatic carbocycles. The van der Waals surface area contributed by atoms with Crippen molar-refractivity contribution in [1.82, 2.24) is 15.2 Å². The minimum atomic E-state index is -0.333. The highest BCUT2D eigenvalue weighted by Crippen LogP contribution is 2.29. The zero-order chi connectivity index (χ0) is 18.1. The molecule has 4 aromatic rings.